The van der Waals surface area contributed by atoms with Crippen molar-refractivity contribution in [1.29, 1.82) is 0 Å². The maximum absolute atomic E-state index is 13.5. The molecule has 0 saturated carbocycles. The number of nitrogens with zero attached hydrogens (tertiary/aromatic N) is 1. The van der Waals surface area contributed by atoms with Gasteiger partial charge >= 0.3 is 0 Å². The molecule has 1 heterocycles. The molecular weight excluding hydrogens is 241 g/mol. The van der Waals surface area contributed by atoms with E-state index in [2.05, 4.69) is 5.92 Å². The molecule has 88 valence electrons. The first kappa shape index (κ1) is 11.9. The van der Waals surface area contributed by atoms with Gasteiger partial charge in [-0.3, -0.25) is 4.79 Å². The second-order valence-corrected chi connectivity index (χ2v) is 4.45. The quantitative estimate of drug-likeness (QED) is 0.740. The van der Waals surface area contributed by atoms with Crippen molar-refractivity contribution in [2.24, 2.45) is 5.92 Å². The van der Waals surface area contributed by atoms with Crippen molar-refractivity contribution < 1.29 is 9.18 Å². The molecule has 0 N–H and O–H groups in total. The maximum atomic E-state index is 13.5. The van der Waals surface area contributed by atoms with Gasteiger partial charge in [0.2, 0.25) is 5.91 Å². The summed E-state index contributed by atoms with van der Waals surface area (Å²) in [7, 11) is 0. The van der Waals surface area contributed by atoms with Gasteiger partial charge in [-0.15, -0.1) is 12.3 Å². The molecule has 1 aliphatic rings. The molecule has 4 heteroatoms. The zero-order chi connectivity index (χ0) is 12.4. The van der Waals surface area contributed by atoms with Gasteiger partial charge in [-0.25, -0.2) is 4.39 Å². The van der Waals surface area contributed by atoms with E-state index in [1.165, 1.54) is 12.1 Å². The summed E-state index contributed by atoms with van der Waals surface area (Å²) in [4.78, 5) is 13.2. The first-order valence-corrected chi connectivity index (χ1v) is 5.66. The molecule has 0 bridgehead atoms. The fraction of sp³-hybridized carbons (Fsp3) is 0.308. The monoisotopic (exact) mass is 251 g/mol. The number of hydrogen-bond acceptors (Lipinski definition) is 1. The summed E-state index contributed by atoms with van der Waals surface area (Å²) in [5.74, 6) is 2.03. The number of rotatable bonds is 2. The van der Waals surface area contributed by atoms with E-state index in [4.69, 9.17) is 18.0 Å². The fourth-order valence-electron chi connectivity index (χ4n) is 1.91. The minimum absolute atomic E-state index is 0.0488. The van der Waals surface area contributed by atoms with Gasteiger partial charge in [-0.05, 0) is 12.1 Å². The van der Waals surface area contributed by atoms with Crippen LogP contribution in [-0.2, 0) is 11.3 Å². The zero-order valence-electron chi connectivity index (χ0n) is 9.12. The molecule has 0 aliphatic carbocycles. The fourth-order valence-corrected chi connectivity index (χ4v) is 2.13. The Hall–Kier alpha value is -1.53. The highest BCUT2D eigenvalue weighted by atomic mass is 35.5. The van der Waals surface area contributed by atoms with E-state index < -0.39 is 5.82 Å². The van der Waals surface area contributed by atoms with Crippen LogP contribution in [0, 0.1) is 24.1 Å². The second-order valence-electron chi connectivity index (χ2n) is 4.04. The molecule has 0 aromatic heterocycles. The number of benzene rings is 1. The summed E-state index contributed by atoms with van der Waals surface area (Å²) in [6.07, 6.45) is 5.62. The van der Waals surface area contributed by atoms with Gasteiger partial charge < -0.3 is 4.90 Å². The van der Waals surface area contributed by atoms with Crippen molar-refractivity contribution in [1.82, 2.24) is 4.90 Å². The lowest BCUT2D eigenvalue weighted by molar-refractivity contribution is -0.128. The molecule has 1 amide bonds. The number of terminal acetylenes is 1. The largest absolute Gasteiger partial charge is 0.337 e. The molecule has 1 aromatic carbocycles. The average Bonchev–Trinajstić information content (AvgIpc) is 2.65. The topological polar surface area (TPSA) is 20.3 Å². The number of likely N-dealkylation sites (tertiary alicyclic amines) is 1. The first-order valence-electron chi connectivity index (χ1n) is 5.28. The smallest absolute Gasteiger partial charge is 0.224 e. The summed E-state index contributed by atoms with van der Waals surface area (Å²) in [5.41, 5.74) is 0.347. The molecule has 2 nitrogen and oxygen atoms in total. The SMILES string of the molecule is C#CC1CC(=O)N(Cc2c(F)cccc2Cl)C1. The van der Waals surface area contributed by atoms with Crippen LogP contribution in [-0.4, -0.2) is 17.4 Å². The minimum atomic E-state index is -0.394. The molecule has 1 atom stereocenters. The number of carbonyl (C=O) groups excluding carboxylic acids is 1. The maximum Gasteiger partial charge on any atom is 0.224 e. The molecule has 2 rings (SSSR count). The van der Waals surface area contributed by atoms with E-state index >= 15 is 0 Å². The predicted molar refractivity (Wildman–Crippen MR) is 63.8 cm³/mol. The van der Waals surface area contributed by atoms with Crippen molar-refractivity contribution in [3.8, 4) is 12.3 Å². The van der Waals surface area contributed by atoms with Crippen molar-refractivity contribution in [3.05, 3.63) is 34.6 Å². The molecule has 0 radical (unpaired) electrons. The van der Waals surface area contributed by atoms with Crippen LogP contribution in [0.25, 0.3) is 0 Å². The summed E-state index contributed by atoms with van der Waals surface area (Å²) < 4.78 is 13.5. The summed E-state index contributed by atoms with van der Waals surface area (Å²) in [6, 6.07) is 4.48. The number of hydrogen-bond donors (Lipinski definition) is 0. The number of amides is 1. The van der Waals surface area contributed by atoms with E-state index in [1.54, 1.807) is 11.0 Å². The van der Waals surface area contributed by atoms with Gasteiger partial charge in [-0.2, -0.15) is 0 Å². The van der Waals surface area contributed by atoms with E-state index in [-0.39, 0.29) is 18.4 Å². The van der Waals surface area contributed by atoms with E-state index in [1.807, 2.05) is 0 Å². The molecule has 1 unspecified atom stereocenters. The second kappa shape index (κ2) is 4.77. The van der Waals surface area contributed by atoms with Crippen LogP contribution < -0.4 is 0 Å². The molecule has 1 fully saturated rings. The average molecular weight is 252 g/mol. The number of halogens is 2. The van der Waals surface area contributed by atoms with Gasteiger partial charge in [0, 0.05) is 29.5 Å². The Morgan fingerprint density at radius 1 is 1.59 bits per heavy atom. The van der Waals surface area contributed by atoms with E-state index in [0.29, 0.717) is 23.6 Å². The lowest BCUT2D eigenvalue weighted by Gasteiger charge is -2.17. The van der Waals surface area contributed by atoms with Gasteiger partial charge in [0.15, 0.2) is 0 Å². The minimum Gasteiger partial charge on any atom is -0.337 e. The van der Waals surface area contributed by atoms with Crippen molar-refractivity contribution in [3.63, 3.8) is 0 Å². The third-order valence-corrected chi connectivity index (χ3v) is 3.21. The van der Waals surface area contributed by atoms with Crippen molar-refractivity contribution in [2.45, 2.75) is 13.0 Å². The van der Waals surface area contributed by atoms with E-state index in [0.717, 1.165) is 0 Å². The third kappa shape index (κ3) is 2.42. The standard InChI is InChI=1S/C13H11ClFNO/c1-2-9-6-13(17)16(7-9)8-10-11(14)4-3-5-12(10)15/h1,3-5,9H,6-8H2. The van der Waals surface area contributed by atoms with Crippen molar-refractivity contribution in [2.75, 3.05) is 6.54 Å². The molecule has 17 heavy (non-hydrogen) atoms. The lowest BCUT2D eigenvalue weighted by Crippen LogP contribution is -2.25. The van der Waals surface area contributed by atoms with Gasteiger partial charge in [0.05, 0.1) is 6.54 Å². The predicted octanol–water partition coefficient (Wildman–Crippen LogP) is 2.46. The summed E-state index contributed by atoms with van der Waals surface area (Å²) >= 11 is 5.91. The summed E-state index contributed by atoms with van der Waals surface area (Å²) in [5, 5.41) is 0.335. The molecular formula is C13H11ClFNO. The van der Waals surface area contributed by atoms with Crippen LogP contribution in [0.15, 0.2) is 18.2 Å². The van der Waals surface area contributed by atoms with Crippen LogP contribution in [0.5, 0.6) is 0 Å². The molecule has 1 aliphatic heterocycles. The van der Waals surface area contributed by atoms with Crippen LogP contribution in [0.3, 0.4) is 0 Å². The Kier molecular flexibility index (Phi) is 3.35. The van der Waals surface area contributed by atoms with Crippen LogP contribution >= 0.6 is 11.6 Å². The van der Waals surface area contributed by atoms with Gasteiger partial charge in [0.25, 0.3) is 0 Å². The van der Waals surface area contributed by atoms with E-state index in [9.17, 15) is 9.18 Å². The summed E-state index contributed by atoms with van der Waals surface area (Å²) in [6.45, 7) is 0.655. The van der Waals surface area contributed by atoms with Crippen molar-refractivity contribution >= 4 is 17.5 Å². The molecule has 1 aromatic rings. The molecule has 1 saturated heterocycles. The Labute approximate surface area is 104 Å². The Balaban J connectivity index is 2.17. The highest BCUT2D eigenvalue weighted by molar-refractivity contribution is 6.31. The third-order valence-electron chi connectivity index (χ3n) is 2.86. The lowest BCUT2D eigenvalue weighted by atomic mass is 10.1. The molecule has 0 spiro atoms. The van der Waals surface area contributed by atoms with Crippen LogP contribution in [0.4, 0.5) is 4.39 Å². The van der Waals surface area contributed by atoms with Gasteiger partial charge in [0.1, 0.15) is 5.82 Å². The highest BCUT2D eigenvalue weighted by Crippen LogP contribution is 2.24. The first-order chi connectivity index (χ1) is 8.11. The Morgan fingerprint density at radius 2 is 2.35 bits per heavy atom. The normalized spacial score (nSPS) is 19.5. The Morgan fingerprint density at radius 3 is 2.94 bits per heavy atom. The highest BCUT2D eigenvalue weighted by Gasteiger charge is 2.29. The number of carbonyl (C=O) groups is 1. The van der Waals surface area contributed by atoms with Crippen LogP contribution in [0.1, 0.15) is 12.0 Å². The van der Waals surface area contributed by atoms with Crippen LogP contribution in [0.2, 0.25) is 5.02 Å². The Bertz CT molecular complexity index is 474. The zero-order valence-corrected chi connectivity index (χ0v) is 9.88. The van der Waals surface area contributed by atoms with Gasteiger partial charge in [-0.1, -0.05) is 17.7 Å².